The molecule has 2 aliphatic rings. The van der Waals surface area contributed by atoms with Gasteiger partial charge in [-0.3, -0.25) is 9.59 Å². The predicted molar refractivity (Wildman–Crippen MR) is 96.7 cm³/mol. The van der Waals surface area contributed by atoms with E-state index >= 15 is 0 Å². The van der Waals surface area contributed by atoms with Crippen LogP contribution in [0.3, 0.4) is 0 Å². The molecule has 2 saturated heterocycles. The maximum absolute atomic E-state index is 13.3. The Hall–Kier alpha value is -2.55. The van der Waals surface area contributed by atoms with Crippen molar-refractivity contribution in [1.82, 2.24) is 0 Å². The van der Waals surface area contributed by atoms with Gasteiger partial charge in [0.05, 0.1) is 17.7 Å². The number of hydrogen-bond donors (Lipinski definition) is 2. The van der Waals surface area contributed by atoms with Gasteiger partial charge in [-0.1, -0.05) is 24.3 Å². The molecular formula is C19H19N2O5S+. The monoisotopic (exact) mass is 387 g/mol. The average molecular weight is 387 g/mol. The Morgan fingerprint density at radius 1 is 1.22 bits per heavy atom. The van der Waals surface area contributed by atoms with Gasteiger partial charge in [0.15, 0.2) is 0 Å². The van der Waals surface area contributed by atoms with Crippen molar-refractivity contribution in [3.05, 3.63) is 52.7 Å². The fourth-order valence-corrected chi connectivity index (χ4v) is 5.14. The van der Waals surface area contributed by atoms with Gasteiger partial charge in [-0.05, 0) is 23.6 Å². The summed E-state index contributed by atoms with van der Waals surface area (Å²) >= 11 is 1.45. The van der Waals surface area contributed by atoms with Crippen molar-refractivity contribution in [1.29, 1.82) is 0 Å². The van der Waals surface area contributed by atoms with E-state index in [2.05, 4.69) is 0 Å². The van der Waals surface area contributed by atoms with Crippen molar-refractivity contribution < 1.29 is 29.5 Å². The van der Waals surface area contributed by atoms with Gasteiger partial charge in [0, 0.05) is 0 Å². The molecule has 0 aliphatic carbocycles. The van der Waals surface area contributed by atoms with Gasteiger partial charge in [0.1, 0.15) is 24.5 Å². The number of esters is 1. The number of carbonyl (C=O) groups is 3. The van der Waals surface area contributed by atoms with E-state index in [-0.39, 0.29) is 5.91 Å². The summed E-state index contributed by atoms with van der Waals surface area (Å²) < 4.78 is 4.92. The average Bonchev–Trinajstić information content (AvgIpc) is 3.39. The Labute approximate surface area is 159 Å². The van der Waals surface area contributed by atoms with Crippen LogP contribution in [0.4, 0.5) is 5.69 Å². The lowest BCUT2D eigenvalue weighted by atomic mass is 9.80. The standard InChI is InChI=1S/C19H18N2O5S/c1-26-18(25)19(10-22)14-13(15(20-19)12-8-5-9-27-12)16(23)21(17(14)24)11-6-3-2-4-7-11/h2-9,13-15,20,22H,10H2,1H3/p+1/t13-,14+,15-,19+/m0/s1. The molecule has 4 atom stereocenters. The van der Waals surface area contributed by atoms with Gasteiger partial charge in [-0.2, -0.15) is 0 Å². The van der Waals surface area contributed by atoms with Crippen molar-refractivity contribution in [3.63, 3.8) is 0 Å². The van der Waals surface area contributed by atoms with Crippen LogP contribution in [0, 0.1) is 11.8 Å². The van der Waals surface area contributed by atoms with Gasteiger partial charge in [-0.15, -0.1) is 11.3 Å². The molecule has 0 spiro atoms. The van der Waals surface area contributed by atoms with Crippen LogP contribution < -0.4 is 10.2 Å². The van der Waals surface area contributed by atoms with Gasteiger partial charge in [0.25, 0.3) is 0 Å². The van der Waals surface area contributed by atoms with Crippen molar-refractivity contribution >= 4 is 34.8 Å². The van der Waals surface area contributed by atoms with E-state index in [1.54, 1.807) is 35.6 Å². The number of carbonyl (C=O) groups excluding carboxylic acids is 3. The third-order valence-electron chi connectivity index (χ3n) is 5.48. The molecule has 27 heavy (non-hydrogen) atoms. The molecule has 0 unspecified atom stereocenters. The summed E-state index contributed by atoms with van der Waals surface area (Å²) in [6, 6.07) is 11.9. The minimum atomic E-state index is -1.54. The van der Waals surface area contributed by atoms with E-state index in [4.69, 9.17) is 4.74 Å². The Kier molecular flexibility index (Phi) is 4.33. The van der Waals surface area contributed by atoms with Crippen LogP contribution >= 0.6 is 11.3 Å². The van der Waals surface area contributed by atoms with Crippen molar-refractivity contribution in [2.75, 3.05) is 18.6 Å². The predicted octanol–water partition coefficient (Wildman–Crippen LogP) is 0.0761. The summed E-state index contributed by atoms with van der Waals surface area (Å²) in [6.07, 6.45) is 0. The summed E-state index contributed by atoms with van der Waals surface area (Å²) in [6.45, 7) is -0.593. The number of ether oxygens (including phenoxy) is 1. The lowest BCUT2D eigenvalue weighted by Crippen LogP contribution is -2.99. The topological polar surface area (TPSA) is 101 Å². The highest BCUT2D eigenvalue weighted by molar-refractivity contribution is 7.10. The number of anilines is 1. The SMILES string of the molecule is COC(=O)[C@]1(CO)[NH2+][C@@H](c2cccs2)[C@H]2C(=O)N(c3ccccc3)C(=O)[C@@H]21. The molecule has 2 fully saturated rings. The third kappa shape index (κ3) is 2.44. The first-order chi connectivity index (χ1) is 13.0. The van der Waals surface area contributed by atoms with Gasteiger partial charge < -0.3 is 15.2 Å². The molecule has 0 saturated carbocycles. The van der Waals surface area contributed by atoms with E-state index in [0.29, 0.717) is 5.69 Å². The largest absolute Gasteiger partial charge is 0.464 e. The highest BCUT2D eigenvalue weighted by atomic mass is 32.1. The second kappa shape index (κ2) is 6.56. The van der Waals surface area contributed by atoms with Crippen molar-refractivity contribution in [2.45, 2.75) is 11.6 Å². The van der Waals surface area contributed by atoms with Gasteiger partial charge >= 0.3 is 5.97 Å². The second-order valence-corrected chi connectivity index (χ2v) is 7.73. The molecule has 4 rings (SSSR count). The molecular weight excluding hydrogens is 368 g/mol. The number of aliphatic hydroxyl groups excluding tert-OH is 1. The number of fused-ring (bicyclic) bond motifs is 1. The maximum Gasteiger partial charge on any atom is 0.371 e. The summed E-state index contributed by atoms with van der Waals surface area (Å²) in [4.78, 5) is 41.2. The fraction of sp³-hybridized carbons (Fsp3) is 0.316. The normalized spacial score (nSPS) is 29.9. The first-order valence-electron chi connectivity index (χ1n) is 8.56. The number of thiophene rings is 1. The van der Waals surface area contributed by atoms with Crippen molar-refractivity contribution in [2.24, 2.45) is 11.8 Å². The molecule has 3 N–H and O–H groups in total. The Morgan fingerprint density at radius 3 is 2.56 bits per heavy atom. The zero-order valence-corrected chi connectivity index (χ0v) is 15.4. The summed E-state index contributed by atoms with van der Waals surface area (Å²) in [5.74, 6) is -3.27. The number of para-hydroxylation sites is 1. The van der Waals surface area contributed by atoms with Crippen LogP contribution in [0.1, 0.15) is 10.9 Å². The van der Waals surface area contributed by atoms with E-state index in [1.165, 1.54) is 18.4 Å². The van der Waals surface area contributed by atoms with Crippen LogP contribution in [0.5, 0.6) is 0 Å². The minimum absolute atomic E-state index is 0.356. The van der Waals surface area contributed by atoms with Crippen molar-refractivity contribution in [3.8, 4) is 0 Å². The number of benzene rings is 1. The Morgan fingerprint density at radius 2 is 1.96 bits per heavy atom. The van der Waals surface area contributed by atoms with E-state index in [9.17, 15) is 19.5 Å². The Bertz CT molecular complexity index is 885. The Balaban J connectivity index is 1.85. The number of nitrogens with two attached hydrogens (primary N) is 1. The van der Waals surface area contributed by atoms with E-state index in [1.807, 2.05) is 17.5 Å². The quantitative estimate of drug-likeness (QED) is 0.572. The van der Waals surface area contributed by atoms with Gasteiger partial charge in [0.2, 0.25) is 17.4 Å². The molecule has 2 aromatic rings. The molecule has 1 aromatic carbocycles. The first kappa shape index (κ1) is 17.8. The van der Waals surface area contributed by atoms with Crippen LogP contribution in [-0.4, -0.2) is 42.1 Å². The number of methoxy groups -OCH3 is 1. The number of rotatable bonds is 4. The second-order valence-electron chi connectivity index (χ2n) is 6.75. The zero-order valence-electron chi connectivity index (χ0n) is 14.6. The fourth-order valence-electron chi connectivity index (χ4n) is 4.29. The minimum Gasteiger partial charge on any atom is -0.464 e. The number of hydrogen-bond acceptors (Lipinski definition) is 6. The van der Waals surface area contributed by atoms with Crippen LogP contribution in [0.15, 0.2) is 47.8 Å². The maximum atomic E-state index is 13.3. The smallest absolute Gasteiger partial charge is 0.371 e. The van der Waals surface area contributed by atoms with Gasteiger partial charge in [-0.25, -0.2) is 9.69 Å². The number of amides is 2. The molecule has 7 nitrogen and oxygen atoms in total. The molecule has 3 heterocycles. The number of nitrogens with zero attached hydrogens (tertiary/aromatic N) is 1. The first-order valence-corrected chi connectivity index (χ1v) is 9.44. The molecule has 2 amide bonds. The van der Waals surface area contributed by atoms with Crippen LogP contribution in [-0.2, 0) is 19.1 Å². The lowest BCUT2D eigenvalue weighted by Gasteiger charge is -2.27. The molecule has 0 bridgehead atoms. The highest BCUT2D eigenvalue weighted by Gasteiger charge is 2.72. The number of aliphatic hydroxyl groups is 1. The van der Waals surface area contributed by atoms with Crippen LogP contribution in [0.25, 0.3) is 0 Å². The summed E-state index contributed by atoms with van der Waals surface area (Å²) in [5.41, 5.74) is -1.08. The van der Waals surface area contributed by atoms with E-state index in [0.717, 1.165) is 9.78 Å². The molecule has 2 aliphatic heterocycles. The van der Waals surface area contributed by atoms with E-state index < -0.39 is 41.9 Å². The summed E-state index contributed by atoms with van der Waals surface area (Å²) in [5, 5.41) is 13.6. The molecule has 8 heteroatoms. The highest BCUT2D eigenvalue weighted by Crippen LogP contribution is 2.46. The molecule has 140 valence electrons. The number of imide groups is 1. The molecule has 1 aromatic heterocycles. The summed E-state index contributed by atoms with van der Waals surface area (Å²) in [7, 11) is 1.22. The molecule has 0 radical (unpaired) electrons. The number of quaternary nitrogens is 1. The third-order valence-corrected chi connectivity index (χ3v) is 6.46. The lowest BCUT2D eigenvalue weighted by molar-refractivity contribution is -0.735. The van der Waals surface area contributed by atoms with Crippen LogP contribution in [0.2, 0.25) is 0 Å². The zero-order chi connectivity index (χ0) is 19.2.